The molecule has 1 fully saturated rings. The lowest BCUT2D eigenvalue weighted by atomic mass is 10.1. The molecule has 0 aliphatic carbocycles. The van der Waals surface area contributed by atoms with Crippen molar-refractivity contribution < 1.29 is 9.15 Å². The van der Waals surface area contributed by atoms with E-state index in [0.29, 0.717) is 12.2 Å². The molecular weight excluding hydrogens is 216 g/mol. The van der Waals surface area contributed by atoms with Crippen LogP contribution in [0, 0.1) is 6.92 Å². The van der Waals surface area contributed by atoms with Crippen molar-refractivity contribution in [3.8, 4) is 0 Å². The van der Waals surface area contributed by atoms with Gasteiger partial charge in [0.15, 0.2) is 5.89 Å². The van der Waals surface area contributed by atoms with E-state index in [1.54, 1.807) is 0 Å². The van der Waals surface area contributed by atoms with Gasteiger partial charge in [-0.1, -0.05) is 0 Å². The number of hydrogen-bond donors (Lipinski definition) is 0. The number of hydrogen-bond acceptors (Lipinski definition) is 4. The van der Waals surface area contributed by atoms with E-state index in [2.05, 4.69) is 23.7 Å². The molecule has 0 spiro atoms. The maximum Gasteiger partial charge on any atom is 0.191 e. The molecular formula is C13H22N2O2. The fourth-order valence-corrected chi connectivity index (χ4v) is 2.29. The van der Waals surface area contributed by atoms with E-state index in [4.69, 9.17) is 9.15 Å². The quantitative estimate of drug-likeness (QED) is 0.807. The van der Waals surface area contributed by atoms with E-state index in [9.17, 15) is 0 Å². The predicted molar refractivity (Wildman–Crippen MR) is 65.8 cm³/mol. The summed E-state index contributed by atoms with van der Waals surface area (Å²) >= 11 is 0. The summed E-state index contributed by atoms with van der Waals surface area (Å²) in [6.45, 7) is 9.11. The van der Waals surface area contributed by atoms with Crippen LogP contribution in [0.3, 0.4) is 0 Å². The number of nitrogens with zero attached hydrogens (tertiary/aromatic N) is 2. The Balaban J connectivity index is 1.75. The minimum atomic E-state index is 0.337. The van der Waals surface area contributed by atoms with Crippen molar-refractivity contribution in [1.82, 2.24) is 9.88 Å². The first kappa shape index (κ1) is 12.6. The highest BCUT2D eigenvalue weighted by Crippen LogP contribution is 2.17. The standard InChI is InChI=1S/C13H22N2O2/c1-10(2)16-12-4-6-15(7-5-12)9-13-8-14-11(3)17-13/h8,10,12H,4-7,9H2,1-3H3. The zero-order valence-electron chi connectivity index (χ0n) is 11.0. The van der Waals surface area contributed by atoms with Crippen molar-refractivity contribution in [3.05, 3.63) is 17.8 Å². The van der Waals surface area contributed by atoms with Crippen LogP contribution < -0.4 is 0 Å². The molecule has 0 unspecified atom stereocenters. The Hall–Kier alpha value is -0.870. The highest BCUT2D eigenvalue weighted by atomic mass is 16.5. The van der Waals surface area contributed by atoms with Gasteiger partial charge in [0, 0.05) is 20.0 Å². The smallest absolute Gasteiger partial charge is 0.191 e. The number of aryl methyl sites for hydroxylation is 1. The predicted octanol–water partition coefficient (Wildman–Crippen LogP) is 2.37. The molecule has 0 bridgehead atoms. The van der Waals surface area contributed by atoms with E-state index >= 15 is 0 Å². The van der Waals surface area contributed by atoms with Gasteiger partial charge in [-0.05, 0) is 26.7 Å². The van der Waals surface area contributed by atoms with Crippen LogP contribution in [0.15, 0.2) is 10.6 Å². The highest BCUT2D eigenvalue weighted by Gasteiger charge is 2.21. The zero-order valence-corrected chi connectivity index (χ0v) is 11.0. The molecule has 4 nitrogen and oxygen atoms in total. The van der Waals surface area contributed by atoms with Crippen LogP contribution in [0.4, 0.5) is 0 Å². The Morgan fingerprint density at radius 1 is 1.47 bits per heavy atom. The fourth-order valence-electron chi connectivity index (χ4n) is 2.29. The van der Waals surface area contributed by atoms with Gasteiger partial charge in [0.2, 0.25) is 0 Å². The number of ether oxygens (including phenoxy) is 1. The van der Waals surface area contributed by atoms with Crippen molar-refractivity contribution >= 4 is 0 Å². The van der Waals surface area contributed by atoms with E-state index in [1.807, 2.05) is 13.1 Å². The first-order valence-corrected chi connectivity index (χ1v) is 6.42. The summed E-state index contributed by atoms with van der Waals surface area (Å²) in [7, 11) is 0. The van der Waals surface area contributed by atoms with Gasteiger partial charge in [0.25, 0.3) is 0 Å². The largest absolute Gasteiger partial charge is 0.445 e. The number of rotatable bonds is 4. The first-order chi connectivity index (χ1) is 8.13. The number of likely N-dealkylation sites (tertiary alicyclic amines) is 1. The fraction of sp³-hybridized carbons (Fsp3) is 0.769. The average molecular weight is 238 g/mol. The molecule has 0 amide bonds. The third-order valence-corrected chi connectivity index (χ3v) is 3.05. The van der Waals surface area contributed by atoms with E-state index in [1.165, 1.54) is 0 Å². The zero-order chi connectivity index (χ0) is 12.3. The molecule has 96 valence electrons. The summed E-state index contributed by atoms with van der Waals surface area (Å²) in [5.41, 5.74) is 0. The molecule has 17 heavy (non-hydrogen) atoms. The maximum absolute atomic E-state index is 5.83. The summed E-state index contributed by atoms with van der Waals surface area (Å²) in [5, 5.41) is 0. The average Bonchev–Trinajstić information content (AvgIpc) is 2.66. The van der Waals surface area contributed by atoms with Crippen molar-refractivity contribution in [2.24, 2.45) is 0 Å². The van der Waals surface area contributed by atoms with Gasteiger partial charge < -0.3 is 9.15 Å². The van der Waals surface area contributed by atoms with Crippen molar-refractivity contribution in [2.75, 3.05) is 13.1 Å². The molecule has 1 aromatic heterocycles. The summed E-state index contributed by atoms with van der Waals surface area (Å²) in [5.74, 6) is 1.71. The van der Waals surface area contributed by atoms with E-state index < -0.39 is 0 Å². The second kappa shape index (κ2) is 5.65. The molecule has 1 aliphatic rings. The molecule has 0 aromatic carbocycles. The number of aromatic nitrogens is 1. The topological polar surface area (TPSA) is 38.5 Å². The number of oxazole rings is 1. The van der Waals surface area contributed by atoms with Crippen LogP contribution >= 0.6 is 0 Å². The third kappa shape index (κ3) is 3.82. The Morgan fingerprint density at radius 3 is 2.71 bits per heavy atom. The van der Waals surface area contributed by atoms with Crippen LogP contribution in [0.5, 0.6) is 0 Å². The van der Waals surface area contributed by atoms with Crippen LogP contribution in [-0.2, 0) is 11.3 Å². The second-order valence-electron chi connectivity index (χ2n) is 5.01. The van der Waals surface area contributed by atoms with E-state index in [0.717, 1.165) is 44.1 Å². The summed E-state index contributed by atoms with van der Waals surface area (Å²) in [6, 6.07) is 0. The molecule has 0 N–H and O–H groups in total. The Bertz CT molecular complexity index is 341. The summed E-state index contributed by atoms with van der Waals surface area (Å²) < 4.78 is 11.3. The third-order valence-electron chi connectivity index (χ3n) is 3.05. The van der Waals surface area contributed by atoms with Gasteiger partial charge in [-0.2, -0.15) is 0 Å². The van der Waals surface area contributed by atoms with Crippen LogP contribution in [0.25, 0.3) is 0 Å². The molecule has 0 saturated carbocycles. The van der Waals surface area contributed by atoms with Crippen molar-refractivity contribution in [1.29, 1.82) is 0 Å². The highest BCUT2D eigenvalue weighted by molar-refractivity contribution is 4.93. The molecule has 0 atom stereocenters. The molecule has 2 rings (SSSR count). The van der Waals surface area contributed by atoms with Gasteiger partial charge in [0.05, 0.1) is 24.9 Å². The molecule has 1 saturated heterocycles. The van der Waals surface area contributed by atoms with Crippen LogP contribution in [-0.4, -0.2) is 35.2 Å². The van der Waals surface area contributed by atoms with Gasteiger partial charge in [-0.3, -0.25) is 4.90 Å². The minimum absolute atomic E-state index is 0.337. The lowest BCUT2D eigenvalue weighted by Crippen LogP contribution is -2.37. The lowest BCUT2D eigenvalue weighted by molar-refractivity contribution is -0.0287. The van der Waals surface area contributed by atoms with E-state index in [-0.39, 0.29) is 0 Å². The minimum Gasteiger partial charge on any atom is -0.445 e. The summed E-state index contributed by atoms with van der Waals surface area (Å²) in [6.07, 6.45) is 4.83. The van der Waals surface area contributed by atoms with Crippen LogP contribution in [0.2, 0.25) is 0 Å². The monoisotopic (exact) mass is 238 g/mol. The Labute approximate surface area is 103 Å². The van der Waals surface area contributed by atoms with Gasteiger partial charge in [0.1, 0.15) is 5.76 Å². The second-order valence-corrected chi connectivity index (χ2v) is 5.01. The first-order valence-electron chi connectivity index (χ1n) is 6.42. The maximum atomic E-state index is 5.83. The molecule has 1 aromatic rings. The lowest BCUT2D eigenvalue weighted by Gasteiger charge is -2.32. The van der Waals surface area contributed by atoms with Gasteiger partial charge in [-0.25, -0.2) is 4.98 Å². The number of piperidine rings is 1. The van der Waals surface area contributed by atoms with Crippen molar-refractivity contribution in [2.45, 2.75) is 52.4 Å². The molecule has 2 heterocycles. The van der Waals surface area contributed by atoms with Crippen molar-refractivity contribution in [3.63, 3.8) is 0 Å². The molecule has 0 radical (unpaired) electrons. The Morgan fingerprint density at radius 2 is 2.18 bits per heavy atom. The van der Waals surface area contributed by atoms with Gasteiger partial charge >= 0.3 is 0 Å². The normalized spacial score (nSPS) is 19.1. The summed E-state index contributed by atoms with van der Waals surface area (Å²) in [4.78, 5) is 6.52. The van der Waals surface area contributed by atoms with Gasteiger partial charge in [-0.15, -0.1) is 0 Å². The SMILES string of the molecule is Cc1ncc(CN2CCC(OC(C)C)CC2)o1. The molecule has 1 aliphatic heterocycles. The Kier molecular flexibility index (Phi) is 4.18. The van der Waals surface area contributed by atoms with Crippen LogP contribution in [0.1, 0.15) is 38.3 Å². The molecule has 4 heteroatoms.